The van der Waals surface area contributed by atoms with Crippen molar-refractivity contribution in [2.75, 3.05) is 0 Å². The van der Waals surface area contributed by atoms with Gasteiger partial charge in [-0.15, -0.1) is 0 Å². The molecule has 0 saturated heterocycles. The Bertz CT molecular complexity index is 515. The van der Waals surface area contributed by atoms with E-state index in [1.807, 2.05) is 0 Å². The lowest BCUT2D eigenvalue weighted by Gasteiger charge is -2.17. The molecular weight excluding hydrogens is 254 g/mol. The number of hydrogen-bond donors (Lipinski definition) is 3. The van der Waals surface area contributed by atoms with Gasteiger partial charge in [-0.25, -0.2) is 19.6 Å². The van der Waals surface area contributed by atoms with Crippen LogP contribution in [0.25, 0.3) is 0 Å². The highest BCUT2D eigenvalue weighted by atomic mass is 16.4. The Morgan fingerprint density at radius 2 is 1.63 bits per heavy atom. The van der Waals surface area contributed by atoms with Crippen LogP contribution in [0.15, 0.2) is 12.4 Å². The number of aliphatic carboxylic acids is 1. The summed E-state index contributed by atoms with van der Waals surface area (Å²) in [6.07, 6.45) is 2.30. The Morgan fingerprint density at radius 1 is 1.11 bits per heavy atom. The third-order valence-electron chi connectivity index (χ3n) is 2.34. The maximum atomic E-state index is 11.8. The molecule has 0 radical (unpaired) electrons. The number of rotatable bonds is 5. The molecular formula is C11H13N3O5. The molecule has 0 spiro atoms. The molecule has 8 nitrogen and oxygen atoms in total. The van der Waals surface area contributed by atoms with Crippen LogP contribution in [0.3, 0.4) is 0 Å². The van der Waals surface area contributed by atoms with Crippen LogP contribution in [0.4, 0.5) is 0 Å². The number of amides is 1. The molecule has 1 rings (SSSR count). The Hall–Kier alpha value is -2.51. The van der Waals surface area contributed by atoms with Crippen LogP contribution in [0.2, 0.25) is 0 Å². The average molecular weight is 267 g/mol. The SMILES string of the molecule is CC(C)[C@@H](NC(=O)c1nccnc1C(=O)O)C(=O)O. The molecule has 1 amide bonds. The minimum atomic E-state index is -1.41. The van der Waals surface area contributed by atoms with E-state index in [0.717, 1.165) is 12.4 Å². The zero-order valence-electron chi connectivity index (χ0n) is 10.3. The van der Waals surface area contributed by atoms with Gasteiger partial charge < -0.3 is 15.5 Å². The summed E-state index contributed by atoms with van der Waals surface area (Å²) in [7, 11) is 0. The molecule has 19 heavy (non-hydrogen) atoms. The van der Waals surface area contributed by atoms with Crippen molar-refractivity contribution in [1.82, 2.24) is 15.3 Å². The van der Waals surface area contributed by atoms with Crippen molar-refractivity contribution in [2.24, 2.45) is 5.92 Å². The molecule has 0 aliphatic carbocycles. The van der Waals surface area contributed by atoms with Gasteiger partial charge in [0, 0.05) is 12.4 Å². The molecule has 1 heterocycles. The first kappa shape index (κ1) is 14.6. The predicted molar refractivity (Wildman–Crippen MR) is 62.7 cm³/mol. The zero-order valence-corrected chi connectivity index (χ0v) is 10.3. The molecule has 0 unspecified atom stereocenters. The summed E-state index contributed by atoms with van der Waals surface area (Å²) in [4.78, 5) is 40.8. The lowest BCUT2D eigenvalue weighted by atomic mass is 10.0. The number of carboxylic acid groups (broad SMARTS) is 2. The standard InChI is InChI=1S/C11H13N3O5/c1-5(2)6(10(16)17)14-9(15)7-8(11(18)19)13-4-3-12-7/h3-6H,1-2H3,(H,14,15)(H,16,17)(H,18,19)/t6-/m1/s1. The maximum Gasteiger partial charge on any atom is 0.356 e. The van der Waals surface area contributed by atoms with Crippen molar-refractivity contribution in [3.63, 3.8) is 0 Å². The van der Waals surface area contributed by atoms with Crippen molar-refractivity contribution in [3.8, 4) is 0 Å². The van der Waals surface area contributed by atoms with Crippen molar-refractivity contribution in [1.29, 1.82) is 0 Å². The van der Waals surface area contributed by atoms with Crippen LogP contribution in [0.1, 0.15) is 34.8 Å². The van der Waals surface area contributed by atoms with Crippen LogP contribution in [0, 0.1) is 5.92 Å². The number of hydrogen-bond acceptors (Lipinski definition) is 5. The van der Waals surface area contributed by atoms with Crippen molar-refractivity contribution >= 4 is 17.8 Å². The van der Waals surface area contributed by atoms with E-state index in [2.05, 4.69) is 15.3 Å². The van der Waals surface area contributed by atoms with Crippen LogP contribution < -0.4 is 5.32 Å². The molecule has 3 N–H and O–H groups in total. The molecule has 0 aliphatic rings. The normalized spacial score (nSPS) is 11.9. The molecule has 0 aliphatic heterocycles. The number of carbonyl (C=O) groups excluding carboxylic acids is 1. The number of aromatic nitrogens is 2. The van der Waals surface area contributed by atoms with Crippen LogP contribution >= 0.6 is 0 Å². The zero-order chi connectivity index (χ0) is 14.6. The molecule has 102 valence electrons. The molecule has 0 aromatic carbocycles. The van der Waals surface area contributed by atoms with Crippen LogP contribution in [-0.2, 0) is 4.79 Å². The molecule has 0 saturated carbocycles. The second kappa shape index (κ2) is 5.89. The van der Waals surface area contributed by atoms with E-state index in [9.17, 15) is 14.4 Å². The van der Waals surface area contributed by atoms with Gasteiger partial charge in [-0.1, -0.05) is 13.8 Å². The second-order valence-corrected chi connectivity index (χ2v) is 4.09. The number of carbonyl (C=O) groups is 3. The highest BCUT2D eigenvalue weighted by molar-refractivity contribution is 6.03. The Morgan fingerprint density at radius 3 is 2.05 bits per heavy atom. The highest BCUT2D eigenvalue weighted by Crippen LogP contribution is 2.06. The van der Waals surface area contributed by atoms with Gasteiger partial charge >= 0.3 is 11.9 Å². The van der Waals surface area contributed by atoms with Crippen molar-refractivity contribution < 1.29 is 24.6 Å². The Labute approximate surface area is 108 Å². The van der Waals surface area contributed by atoms with Gasteiger partial charge in [-0.2, -0.15) is 0 Å². The van der Waals surface area contributed by atoms with E-state index in [4.69, 9.17) is 10.2 Å². The summed E-state index contributed by atoms with van der Waals surface area (Å²) < 4.78 is 0. The topological polar surface area (TPSA) is 129 Å². The minimum absolute atomic E-state index is 0.355. The smallest absolute Gasteiger partial charge is 0.356 e. The van der Waals surface area contributed by atoms with Gasteiger partial charge in [0.15, 0.2) is 11.4 Å². The minimum Gasteiger partial charge on any atom is -0.480 e. The van der Waals surface area contributed by atoms with Gasteiger partial charge in [0.2, 0.25) is 0 Å². The summed E-state index contributed by atoms with van der Waals surface area (Å²) in [5, 5.41) is 20.0. The number of nitrogens with zero attached hydrogens (tertiary/aromatic N) is 2. The average Bonchev–Trinajstić information content (AvgIpc) is 2.34. The van der Waals surface area contributed by atoms with E-state index in [0.29, 0.717) is 0 Å². The maximum absolute atomic E-state index is 11.8. The summed E-state index contributed by atoms with van der Waals surface area (Å²) in [5.41, 5.74) is -0.935. The van der Waals surface area contributed by atoms with Gasteiger partial charge in [-0.3, -0.25) is 4.79 Å². The monoisotopic (exact) mass is 267 g/mol. The Kier molecular flexibility index (Phi) is 4.51. The molecule has 1 aromatic rings. The van der Waals surface area contributed by atoms with Crippen molar-refractivity contribution in [2.45, 2.75) is 19.9 Å². The first-order valence-corrected chi connectivity index (χ1v) is 5.42. The van der Waals surface area contributed by atoms with E-state index in [-0.39, 0.29) is 5.92 Å². The fourth-order valence-corrected chi connectivity index (χ4v) is 1.38. The van der Waals surface area contributed by atoms with Crippen LogP contribution in [0.5, 0.6) is 0 Å². The van der Waals surface area contributed by atoms with E-state index >= 15 is 0 Å². The van der Waals surface area contributed by atoms with Gasteiger partial charge in [0.25, 0.3) is 5.91 Å². The first-order chi connectivity index (χ1) is 8.84. The van der Waals surface area contributed by atoms with Gasteiger partial charge in [-0.05, 0) is 5.92 Å². The molecule has 0 bridgehead atoms. The second-order valence-electron chi connectivity index (χ2n) is 4.09. The number of aromatic carboxylic acids is 1. The fraction of sp³-hybridized carbons (Fsp3) is 0.364. The molecule has 0 fully saturated rings. The molecule has 1 atom stereocenters. The number of nitrogens with one attached hydrogen (secondary N) is 1. The highest BCUT2D eigenvalue weighted by Gasteiger charge is 2.27. The summed E-state index contributed by atoms with van der Waals surface area (Å²) in [6, 6.07) is -1.13. The summed E-state index contributed by atoms with van der Waals surface area (Å²) >= 11 is 0. The van der Waals surface area contributed by atoms with E-state index < -0.39 is 35.3 Å². The van der Waals surface area contributed by atoms with Crippen LogP contribution in [-0.4, -0.2) is 44.1 Å². The first-order valence-electron chi connectivity index (χ1n) is 5.42. The van der Waals surface area contributed by atoms with Gasteiger partial charge in [0.05, 0.1) is 0 Å². The molecule has 1 aromatic heterocycles. The quantitative estimate of drug-likeness (QED) is 0.685. The molecule has 8 heteroatoms. The van der Waals surface area contributed by atoms with E-state index in [1.54, 1.807) is 13.8 Å². The summed E-state index contributed by atoms with van der Waals surface area (Å²) in [6.45, 7) is 3.24. The predicted octanol–water partition coefficient (Wildman–Crippen LogP) is 0.0138. The third-order valence-corrected chi connectivity index (χ3v) is 2.34. The summed E-state index contributed by atoms with van der Waals surface area (Å²) in [5.74, 6) is -3.85. The van der Waals surface area contributed by atoms with E-state index in [1.165, 1.54) is 0 Å². The third kappa shape index (κ3) is 3.47. The largest absolute Gasteiger partial charge is 0.480 e. The number of carboxylic acids is 2. The fourth-order valence-electron chi connectivity index (χ4n) is 1.38. The lowest BCUT2D eigenvalue weighted by molar-refractivity contribution is -0.140. The van der Waals surface area contributed by atoms with Crippen molar-refractivity contribution in [3.05, 3.63) is 23.8 Å². The Balaban J connectivity index is 3.01. The lowest BCUT2D eigenvalue weighted by Crippen LogP contribution is -2.45. The van der Waals surface area contributed by atoms with Gasteiger partial charge in [0.1, 0.15) is 6.04 Å².